The van der Waals surface area contributed by atoms with Crippen LogP contribution in [0.1, 0.15) is 23.0 Å². The third-order valence-electron chi connectivity index (χ3n) is 4.51. The molecule has 0 aliphatic carbocycles. The zero-order valence-electron chi connectivity index (χ0n) is 17.3. The van der Waals surface area contributed by atoms with Crippen LogP contribution >= 0.6 is 15.9 Å². The highest BCUT2D eigenvalue weighted by Gasteiger charge is 2.20. The van der Waals surface area contributed by atoms with Crippen molar-refractivity contribution in [3.05, 3.63) is 64.3 Å². The Morgan fingerprint density at radius 1 is 1.06 bits per heavy atom. The van der Waals surface area contributed by atoms with Crippen molar-refractivity contribution >= 4 is 27.8 Å². The second kappa shape index (κ2) is 10.1. The van der Waals surface area contributed by atoms with Crippen molar-refractivity contribution in [1.82, 2.24) is 15.5 Å². The summed E-state index contributed by atoms with van der Waals surface area (Å²) in [7, 11) is 3.09. The number of hydrogen-bond acceptors (Lipinski definition) is 6. The SMILES string of the molecule is COc1ccc(CNC(=O)C(C)OC(=O)c2cc(-c3ccc(Br)cc3)n[nH]2)cc1OC. The van der Waals surface area contributed by atoms with Gasteiger partial charge in [0.1, 0.15) is 5.69 Å². The summed E-state index contributed by atoms with van der Waals surface area (Å²) in [5.74, 6) is 0.0805. The first-order chi connectivity index (χ1) is 14.9. The molecular formula is C22H22BrN3O5. The Kier molecular flexibility index (Phi) is 7.30. The Bertz CT molecular complexity index is 1070. The fourth-order valence-corrected chi connectivity index (χ4v) is 3.06. The van der Waals surface area contributed by atoms with Crippen molar-refractivity contribution in [1.29, 1.82) is 0 Å². The molecule has 0 bridgehead atoms. The van der Waals surface area contributed by atoms with Gasteiger partial charge in [0.25, 0.3) is 5.91 Å². The lowest BCUT2D eigenvalue weighted by Crippen LogP contribution is -2.35. The van der Waals surface area contributed by atoms with Crippen molar-refractivity contribution in [2.24, 2.45) is 0 Å². The average molecular weight is 488 g/mol. The molecule has 0 saturated carbocycles. The second-order valence-corrected chi connectivity index (χ2v) is 7.54. The van der Waals surface area contributed by atoms with E-state index in [9.17, 15) is 9.59 Å². The molecule has 1 unspecified atom stereocenters. The number of aromatic nitrogens is 2. The van der Waals surface area contributed by atoms with Crippen LogP contribution in [0.5, 0.6) is 11.5 Å². The molecular weight excluding hydrogens is 466 g/mol. The summed E-state index contributed by atoms with van der Waals surface area (Å²) < 4.78 is 16.7. The van der Waals surface area contributed by atoms with E-state index < -0.39 is 18.0 Å². The topological polar surface area (TPSA) is 103 Å². The van der Waals surface area contributed by atoms with Gasteiger partial charge < -0.3 is 19.5 Å². The van der Waals surface area contributed by atoms with Crippen molar-refractivity contribution in [3.63, 3.8) is 0 Å². The Hall–Kier alpha value is -3.33. The molecule has 0 aliphatic heterocycles. The van der Waals surface area contributed by atoms with Gasteiger partial charge in [-0.25, -0.2) is 4.79 Å². The third-order valence-corrected chi connectivity index (χ3v) is 5.03. The first-order valence-corrected chi connectivity index (χ1v) is 10.2. The molecule has 1 heterocycles. The Labute approximate surface area is 188 Å². The predicted molar refractivity (Wildman–Crippen MR) is 118 cm³/mol. The van der Waals surface area contributed by atoms with E-state index in [1.807, 2.05) is 30.3 Å². The van der Waals surface area contributed by atoms with Crippen LogP contribution in [0.2, 0.25) is 0 Å². The summed E-state index contributed by atoms with van der Waals surface area (Å²) in [4.78, 5) is 24.7. The number of nitrogens with zero attached hydrogens (tertiary/aromatic N) is 1. The quantitative estimate of drug-likeness (QED) is 0.469. The number of rotatable bonds is 8. The number of amides is 1. The predicted octanol–water partition coefficient (Wildman–Crippen LogP) is 3.72. The van der Waals surface area contributed by atoms with E-state index in [1.165, 1.54) is 6.92 Å². The van der Waals surface area contributed by atoms with E-state index in [1.54, 1.807) is 32.4 Å². The van der Waals surface area contributed by atoms with Crippen LogP contribution in [0.25, 0.3) is 11.3 Å². The number of hydrogen-bond donors (Lipinski definition) is 2. The number of carbonyl (C=O) groups is 2. The highest BCUT2D eigenvalue weighted by Crippen LogP contribution is 2.27. The van der Waals surface area contributed by atoms with E-state index in [2.05, 4.69) is 31.4 Å². The van der Waals surface area contributed by atoms with Crippen LogP contribution < -0.4 is 14.8 Å². The minimum absolute atomic E-state index is 0.164. The number of ether oxygens (including phenoxy) is 3. The minimum atomic E-state index is -0.980. The molecule has 1 atom stereocenters. The van der Waals surface area contributed by atoms with Gasteiger partial charge in [0.2, 0.25) is 0 Å². The number of carbonyl (C=O) groups excluding carboxylic acids is 2. The van der Waals surface area contributed by atoms with Gasteiger partial charge in [-0.1, -0.05) is 34.1 Å². The Morgan fingerprint density at radius 2 is 1.77 bits per heavy atom. The molecule has 1 amide bonds. The highest BCUT2D eigenvalue weighted by molar-refractivity contribution is 9.10. The molecule has 9 heteroatoms. The fraction of sp³-hybridized carbons (Fsp3) is 0.227. The molecule has 31 heavy (non-hydrogen) atoms. The van der Waals surface area contributed by atoms with Crippen LogP contribution in [0.15, 0.2) is 53.0 Å². The largest absolute Gasteiger partial charge is 0.493 e. The molecule has 2 N–H and O–H groups in total. The number of nitrogens with one attached hydrogen (secondary N) is 2. The molecule has 162 valence electrons. The molecule has 0 spiro atoms. The molecule has 3 rings (SSSR count). The monoisotopic (exact) mass is 487 g/mol. The number of H-pyrrole nitrogens is 1. The fourth-order valence-electron chi connectivity index (χ4n) is 2.80. The Balaban J connectivity index is 1.56. The molecule has 3 aromatic rings. The summed E-state index contributed by atoms with van der Waals surface area (Å²) in [6, 6.07) is 14.4. The van der Waals surface area contributed by atoms with E-state index >= 15 is 0 Å². The molecule has 8 nitrogen and oxygen atoms in total. The van der Waals surface area contributed by atoms with Gasteiger partial charge in [-0.2, -0.15) is 5.10 Å². The van der Waals surface area contributed by atoms with Gasteiger partial charge in [0.05, 0.1) is 19.9 Å². The molecule has 2 aromatic carbocycles. The normalized spacial score (nSPS) is 11.5. The maximum Gasteiger partial charge on any atom is 0.357 e. The number of esters is 1. The van der Waals surface area contributed by atoms with E-state index in [0.29, 0.717) is 17.2 Å². The average Bonchev–Trinajstić information content (AvgIpc) is 3.28. The zero-order valence-corrected chi connectivity index (χ0v) is 18.9. The maximum absolute atomic E-state index is 12.4. The summed E-state index contributed by atoms with van der Waals surface area (Å²) in [5.41, 5.74) is 2.43. The molecule has 0 fully saturated rings. The second-order valence-electron chi connectivity index (χ2n) is 6.63. The van der Waals surface area contributed by atoms with Crippen molar-refractivity contribution < 1.29 is 23.8 Å². The van der Waals surface area contributed by atoms with Gasteiger partial charge in [0.15, 0.2) is 17.6 Å². The van der Waals surface area contributed by atoms with E-state index in [-0.39, 0.29) is 12.2 Å². The van der Waals surface area contributed by atoms with E-state index in [4.69, 9.17) is 14.2 Å². The maximum atomic E-state index is 12.4. The number of benzene rings is 2. The lowest BCUT2D eigenvalue weighted by atomic mass is 10.1. The van der Waals surface area contributed by atoms with Gasteiger partial charge >= 0.3 is 5.97 Å². The molecule has 0 aliphatic rings. The number of methoxy groups -OCH3 is 2. The van der Waals surface area contributed by atoms with Crippen LogP contribution in [-0.2, 0) is 16.1 Å². The molecule has 0 radical (unpaired) electrons. The smallest absolute Gasteiger partial charge is 0.357 e. The lowest BCUT2D eigenvalue weighted by molar-refractivity contribution is -0.129. The third kappa shape index (κ3) is 5.64. The summed E-state index contributed by atoms with van der Waals surface area (Å²) in [6.45, 7) is 1.76. The van der Waals surface area contributed by atoms with Gasteiger partial charge in [0, 0.05) is 16.6 Å². The van der Waals surface area contributed by atoms with E-state index in [0.717, 1.165) is 15.6 Å². The summed E-state index contributed by atoms with van der Waals surface area (Å²) in [6.07, 6.45) is -0.980. The van der Waals surface area contributed by atoms with Crippen LogP contribution in [0.4, 0.5) is 0 Å². The van der Waals surface area contributed by atoms with Crippen molar-refractivity contribution in [2.45, 2.75) is 19.6 Å². The zero-order chi connectivity index (χ0) is 22.4. The van der Waals surface area contributed by atoms with Gasteiger partial charge in [-0.15, -0.1) is 0 Å². The number of halogens is 1. The van der Waals surface area contributed by atoms with Gasteiger partial charge in [-0.3, -0.25) is 9.89 Å². The molecule has 1 aromatic heterocycles. The summed E-state index contributed by atoms with van der Waals surface area (Å²) in [5, 5.41) is 9.52. The summed E-state index contributed by atoms with van der Waals surface area (Å²) >= 11 is 3.38. The van der Waals surface area contributed by atoms with Crippen LogP contribution in [0.3, 0.4) is 0 Å². The van der Waals surface area contributed by atoms with Crippen LogP contribution in [0, 0.1) is 0 Å². The van der Waals surface area contributed by atoms with Crippen molar-refractivity contribution in [2.75, 3.05) is 14.2 Å². The van der Waals surface area contributed by atoms with Crippen molar-refractivity contribution in [3.8, 4) is 22.8 Å². The van der Waals surface area contributed by atoms with Gasteiger partial charge in [-0.05, 0) is 42.8 Å². The Morgan fingerprint density at radius 3 is 2.45 bits per heavy atom. The molecule has 0 saturated heterocycles. The first kappa shape index (κ1) is 22.4. The lowest BCUT2D eigenvalue weighted by Gasteiger charge is -2.14. The first-order valence-electron chi connectivity index (χ1n) is 9.42. The highest BCUT2D eigenvalue weighted by atomic mass is 79.9. The van der Waals surface area contributed by atoms with Crippen LogP contribution in [-0.4, -0.2) is 42.4 Å². The standard InChI is InChI=1S/C22H22BrN3O5/c1-13(21(27)24-12-14-4-9-19(29-2)20(10-14)30-3)31-22(28)18-11-17(25-26-18)15-5-7-16(23)8-6-15/h4-11,13H,12H2,1-3H3,(H,24,27)(H,25,26). The number of aromatic amines is 1. The minimum Gasteiger partial charge on any atom is -0.493 e.